The van der Waals surface area contributed by atoms with Gasteiger partial charge < -0.3 is 0 Å². The van der Waals surface area contributed by atoms with E-state index in [1.54, 1.807) is 0 Å². The third-order valence-corrected chi connectivity index (χ3v) is 15.9. The average Bonchev–Trinajstić information content (AvgIpc) is 4.05. The molecule has 276 valence electrons. The molecule has 0 spiro atoms. The standard InChI is InChI=1S/C51H28N4S4/c1-5-13-41-33(9-1)37-21-19-31(27-47(37)58-41)55(32-20-22-38-34-10-2-6-14-42(34)59-48(38)28-32)51-53-49(29-17-23-45-39(25-29)35-11-3-7-15-43(35)56-45)52-50(54-51)30-18-24-46-40(26-30)36-12-4-8-16-44(36)57-46/h1-28H. The fourth-order valence-corrected chi connectivity index (χ4v) is 13.0. The van der Waals surface area contributed by atoms with E-state index in [1.165, 1.54) is 80.7 Å². The Balaban J connectivity index is 1.08. The predicted molar refractivity (Wildman–Crippen MR) is 257 cm³/mol. The Hall–Kier alpha value is -6.55. The first kappa shape index (κ1) is 33.4. The molecule has 13 rings (SSSR count). The quantitative estimate of drug-likeness (QED) is 0.173. The van der Waals surface area contributed by atoms with Crippen LogP contribution >= 0.6 is 45.3 Å². The van der Waals surface area contributed by atoms with Gasteiger partial charge in [0.15, 0.2) is 11.6 Å². The highest BCUT2D eigenvalue weighted by Crippen LogP contribution is 2.44. The minimum Gasteiger partial charge on any atom is -0.279 e. The maximum absolute atomic E-state index is 5.42. The van der Waals surface area contributed by atoms with Crippen LogP contribution < -0.4 is 4.90 Å². The summed E-state index contributed by atoms with van der Waals surface area (Å²) < 4.78 is 10.0. The Bertz CT molecular complexity index is 3590. The van der Waals surface area contributed by atoms with Crippen LogP contribution in [0.25, 0.3) is 103 Å². The molecule has 5 heterocycles. The lowest BCUT2D eigenvalue weighted by molar-refractivity contribution is 1.02. The molecule has 0 aliphatic carbocycles. The van der Waals surface area contributed by atoms with Gasteiger partial charge in [-0.3, -0.25) is 4.90 Å². The summed E-state index contributed by atoms with van der Waals surface area (Å²) in [6, 6.07) is 61.4. The second kappa shape index (κ2) is 13.0. The van der Waals surface area contributed by atoms with Crippen LogP contribution in [0.1, 0.15) is 0 Å². The lowest BCUT2D eigenvalue weighted by atomic mass is 10.1. The first-order chi connectivity index (χ1) is 29.2. The van der Waals surface area contributed by atoms with Crippen molar-refractivity contribution in [3.05, 3.63) is 170 Å². The Morgan fingerprint density at radius 1 is 0.288 bits per heavy atom. The van der Waals surface area contributed by atoms with Crippen LogP contribution in [0.2, 0.25) is 0 Å². The van der Waals surface area contributed by atoms with E-state index in [0.29, 0.717) is 17.6 Å². The molecule has 0 aliphatic heterocycles. The average molecular weight is 825 g/mol. The number of aromatic nitrogens is 3. The molecule has 0 saturated heterocycles. The lowest BCUT2D eigenvalue weighted by Crippen LogP contribution is -2.15. The summed E-state index contributed by atoms with van der Waals surface area (Å²) in [7, 11) is 0. The van der Waals surface area contributed by atoms with E-state index in [0.717, 1.165) is 22.5 Å². The Labute approximate surface area is 353 Å². The molecule has 0 atom stereocenters. The van der Waals surface area contributed by atoms with E-state index in [9.17, 15) is 0 Å². The third-order valence-electron chi connectivity index (χ3n) is 11.3. The first-order valence-corrected chi connectivity index (χ1v) is 22.7. The van der Waals surface area contributed by atoms with E-state index in [-0.39, 0.29) is 0 Å². The van der Waals surface area contributed by atoms with Crippen molar-refractivity contribution in [3.63, 3.8) is 0 Å². The monoisotopic (exact) mass is 824 g/mol. The van der Waals surface area contributed by atoms with Gasteiger partial charge in [-0.2, -0.15) is 9.97 Å². The summed E-state index contributed by atoms with van der Waals surface area (Å²) in [5.74, 6) is 1.83. The van der Waals surface area contributed by atoms with Gasteiger partial charge in [-0.05, 0) is 84.9 Å². The molecule has 0 N–H and O–H groups in total. The summed E-state index contributed by atoms with van der Waals surface area (Å²) in [5.41, 5.74) is 3.89. The van der Waals surface area contributed by atoms with Gasteiger partial charge in [-0.1, -0.05) is 84.9 Å². The second-order valence-corrected chi connectivity index (χ2v) is 19.1. The highest BCUT2D eigenvalue weighted by Gasteiger charge is 2.22. The minimum atomic E-state index is 0.566. The number of fused-ring (bicyclic) bond motifs is 12. The zero-order chi connectivity index (χ0) is 38.6. The van der Waals surface area contributed by atoms with Gasteiger partial charge in [0, 0.05) is 91.8 Å². The third kappa shape index (κ3) is 5.34. The molecule has 0 bridgehead atoms. The summed E-state index contributed by atoms with van der Waals surface area (Å²) in [6.45, 7) is 0. The zero-order valence-corrected chi connectivity index (χ0v) is 34.4. The van der Waals surface area contributed by atoms with E-state index in [1.807, 2.05) is 45.3 Å². The molecule has 8 heteroatoms. The number of benzene rings is 8. The summed E-state index contributed by atoms with van der Waals surface area (Å²) in [5, 5.41) is 9.95. The van der Waals surface area contributed by atoms with Crippen LogP contribution in [0.5, 0.6) is 0 Å². The smallest absolute Gasteiger partial charge is 0.238 e. The van der Waals surface area contributed by atoms with Crippen molar-refractivity contribution in [2.75, 3.05) is 4.90 Å². The van der Waals surface area contributed by atoms with Gasteiger partial charge in [0.25, 0.3) is 0 Å². The molecular formula is C51H28N4S4. The van der Waals surface area contributed by atoms with Gasteiger partial charge in [0.2, 0.25) is 5.95 Å². The maximum Gasteiger partial charge on any atom is 0.238 e. The molecular weight excluding hydrogens is 797 g/mol. The van der Waals surface area contributed by atoms with Crippen molar-refractivity contribution in [2.24, 2.45) is 0 Å². The van der Waals surface area contributed by atoms with Crippen molar-refractivity contribution in [2.45, 2.75) is 0 Å². The van der Waals surface area contributed by atoms with Gasteiger partial charge in [0.1, 0.15) is 0 Å². The van der Waals surface area contributed by atoms with E-state index in [2.05, 4.69) is 175 Å². The molecule has 59 heavy (non-hydrogen) atoms. The van der Waals surface area contributed by atoms with Crippen LogP contribution in [-0.2, 0) is 0 Å². The Morgan fingerprint density at radius 2 is 0.644 bits per heavy atom. The fourth-order valence-electron chi connectivity index (χ4n) is 8.54. The molecule has 5 aromatic heterocycles. The molecule has 4 nitrogen and oxygen atoms in total. The normalized spacial score (nSPS) is 12.1. The molecule has 0 fully saturated rings. The number of nitrogens with zero attached hydrogens (tertiary/aromatic N) is 4. The molecule has 0 saturated carbocycles. The number of hydrogen-bond acceptors (Lipinski definition) is 8. The van der Waals surface area contributed by atoms with Gasteiger partial charge >= 0.3 is 0 Å². The Morgan fingerprint density at radius 3 is 1.08 bits per heavy atom. The number of thiophene rings is 4. The fraction of sp³-hybridized carbons (Fsp3) is 0. The van der Waals surface area contributed by atoms with Crippen molar-refractivity contribution >= 4 is 143 Å². The van der Waals surface area contributed by atoms with Crippen LogP contribution in [0.15, 0.2) is 170 Å². The molecule has 0 radical (unpaired) electrons. The topological polar surface area (TPSA) is 41.9 Å². The molecule has 13 aromatic rings. The molecule has 8 aromatic carbocycles. The summed E-state index contributed by atoms with van der Waals surface area (Å²) in [4.78, 5) is 18.4. The van der Waals surface area contributed by atoms with Crippen molar-refractivity contribution in [1.82, 2.24) is 15.0 Å². The Kier molecular flexibility index (Phi) is 7.35. The van der Waals surface area contributed by atoms with Crippen LogP contribution in [-0.4, -0.2) is 15.0 Å². The molecule has 0 unspecified atom stereocenters. The van der Waals surface area contributed by atoms with Crippen LogP contribution in [0, 0.1) is 0 Å². The van der Waals surface area contributed by atoms with E-state index in [4.69, 9.17) is 15.0 Å². The number of rotatable bonds is 5. The zero-order valence-electron chi connectivity index (χ0n) is 31.1. The number of anilines is 3. The number of hydrogen-bond donors (Lipinski definition) is 0. The predicted octanol–water partition coefficient (Wildman–Crippen LogP) is 16.1. The van der Waals surface area contributed by atoms with Crippen molar-refractivity contribution in [1.29, 1.82) is 0 Å². The van der Waals surface area contributed by atoms with Crippen molar-refractivity contribution < 1.29 is 0 Å². The minimum absolute atomic E-state index is 0.566. The summed E-state index contributed by atoms with van der Waals surface area (Å²) >= 11 is 7.27. The second-order valence-electron chi connectivity index (χ2n) is 14.8. The van der Waals surface area contributed by atoms with Crippen LogP contribution in [0.3, 0.4) is 0 Å². The van der Waals surface area contributed by atoms with Crippen molar-refractivity contribution in [3.8, 4) is 22.8 Å². The highest BCUT2D eigenvalue weighted by atomic mass is 32.1. The van der Waals surface area contributed by atoms with E-state index < -0.39 is 0 Å². The van der Waals surface area contributed by atoms with Gasteiger partial charge in [-0.25, -0.2) is 4.98 Å². The van der Waals surface area contributed by atoms with Gasteiger partial charge in [0.05, 0.1) is 11.4 Å². The SMILES string of the molecule is c1ccc2c(c1)sc1cc(N(c3ccc4c(c3)sc3ccccc34)c3nc(-c4ccc5sc6ccccc6c5c4)nc(-c4ccc5sc6ccccc6c5c4)n3)ccc12. The largest absolute Gasteiger partial charge is 0.279 e. The van der Waals surface area contributed by atoms with Crippen LogP contribution in [0.4, 0.5) is 17.3 Å². The first-order valence-electron chi connectivity index (χ1n) is 19.4. The van der Waals surface area contributed by atoms with E-state index >= 15 is 0 Å². The molecule has 0 aliphatic rings. The highest BCUT2D eigenvalue weighted by molar-refractivity contribution is 7.27. The van der Waals surface area contributed by atoms with Gasteiger partial charge in [-0.15, -0.1) is 45.3 Å². The summed E-state index contributed by atoms with van der Waals surface area (Å²) in [6.07, 6.45) is 0. The molecule has 0 amide bonds. The maximum atomic E-state index is 5.42. The lowest BCUT2D eigenvalue weighted by Gasteiger charge is -2.24.